The molecule has 1 saturated heterocycles. The van der Waals surface area contributed by atoms with Crippen LogP contribution in [-0.4, -0.2) is 11.9 Å². The van der Waals surface area contributed by atoms with E-state index in [2.05, 4.69) is 41.7 Å². The number of nitrogens with one attached hydrogen (secondary N) is 1. The van der Waals surface area contributed by atoms with Gasteiger partial charge in [0.15, 0.2) is 0 Å². The van der Waals surface area contributed by atoms with Crippen LogP contribution >= 0.6 is 0 Å². The number of amides is 1. The fourth-order valence-electron chi connectivity index (χ4n) is 3.45. The van der Waals surface area contributed by atoms with Crippen molar-refractivity contribution in [3.63, 3.8) is 0 Å². The summed E-state index contributed by atoms with van der Waals surface area (Å²) in [6.45, 7) is 0. The van der Waals surface area contributed by atoms with Crippen molar-refractivity contribution in [1.82, 2.24) is 5.32 Å². The minimum absolute atomic E-state index is 0.164. The van der Waals surface area contributed by atoms with Gasteiger partial charge in [0.2, 0.25) is 5.91 Å². The zero-order valence-corrected chi connectivity index (χ0v) is 8.18. The third-order valence-corrected chi connectivity index (χ3v) is 4.01. The van der Waals surface area contributed by atoms with Crippen molar-refractivity contribution >= 4 is 5.91 Å². The van der Waals surface area contributed by atoms with Gasteiger partial charge in [-0.05, 0) is 11.1 Å². The van der Waals surface area contributed by atoms with Crippen LogP contribution in [0.1, 0.15) is 23.0 Å². The lowest BCUT2D eigenvalue weighted by Crippen LogP contribution is -2.25. The van der Waals surface area contributed by atoms with Crippen LogP contribution in [0, 0.1) is 5.92 Å². The third kappa shape index (κ3) is 0.751. The molecule has 1 aromatic carbocycles. The molecule has 4 atom stereocenters. The second-order valence-corrected chi connectivity index (χ2v) is 4.63. The van der Waals surface area contributed by atoms with Crippen LogP contribution in [0.15, 0.2) is 36.4 Å². The molecule has 1 amide bonds. The molecule has 0 aromatic heterocycles. The molecule has 4 bridgehead atoms. The summed E-state index contributed by atoms with van der Waals surface area (Å²) in [5.74, 6) is 1.11. The van der Waals surface area contributed by atoms with Crippen LogP contribution in [0.3, 0.4) is 0 Å². The Balaban J connectivity index is 2.01. The van der Waals surface area contributed by atoms with Gasteiger partial charge in [-0.1, -0.05) is 36.4 Å². The lowest BCUT2D eigenvalue weighted by molar-refractivity contribution is -0.122. The highest BCUT2D eigenvalue weighted by Crippen LogP contribution is 2.54. The Morgan fingerprint density at radius 3 is 2.67 bits per heavy atom. The van der Waals surface area contributed by atoms with E-state index in [4.69, 9.17) is 0 Å². The Morgan fingerprint density at radius 1 is 1.00 bits per heavy atom. The molecule has 1 fully saturated rings. The van der Waals surface area contributed by atoms with Gasteiger partial charge in [-0.3, -0.25) is 4.79 Å². The summed E-state index contributed by atoms with van der Waals surface area (Å²) in [5, 5.41) is 3.06. The molecule has 1 aliphatic heterocycles. The molecule has 4 rings (SSSR count). The van der Waals surface area contributed by atoms with Crippen LogP contribution in [0.25, 0.3) is 0 Å². The number of hydrogen-bond donors (Lipinski definition) is 1. The normalized spacial score (nSPS) is 39.1. The summed E-state index contributed by atoms with van der Waals surface area (Å²) in [5.41, 5.74) is 2.74. The minimum atomic E-state index is 0.164. The number of carbonyl (C=O) groups is 1. The monoisotopic (exact) mass is 197 g/mol. The second-order valence-electron chi connectivity index (χ2n) is 4.63. The first-order valence-corrected chi connectivity index (χ1v) is 5.44. The Labute approximate surface area is 88.0 Å². The van der Waals surface area contributed by atoms with Gasteiger partial charge in [0.25, 0.3) is 0 Å². The van der Waals surface area contributed by atoms with Crippen molar-refractivity contribution in [2.75, 3.05) is 0 Å². The first-order valence-electron chi connectivity index (χ1n) is 5.44. The van der Waals surface area contributed by atoms with E-state index in [1.165, 1.54) is 11.1 Å². The van der Waals surface area contributed by atoms with Crippen molar-refractivity contribution in [1.29, 1.82) is 0 Å². The average Bonchev–Trinajstić information content (AvgIpc) is 2.64. The largest absolute Gasteiger partial charge is 0.349 e. The van der Waals surface area contributed by atoms with Gasteiger partial charge in [0.1, 0.15) is 0 Å². The quantitative estimate of drug-likeness (QED) is 0.628. The van der Waals surface area contributed by atoms with E-state index in [0.717, 1.165) is 0 Å². The minimum Gasteiger partial charge on any atom is -0.349 e. The predicted molar refractivity (Wildman–Crippen MR) is 56.5 cm³/mol. The average molecular weight is 197 g/mol. The highest BCUT2D eigenvalue weighted by Gasteiger charge is 2.53. The number of hydrogen-bond acceptors (Lipinski definition) is 1. The smallest absolute Gasteiger partial charge is 0.225 e. The number of fused-ring (bicyclic) bond motifs is 2. The van der Waals surface area contributed by atoms with E-state index < -0.39 is 0 Å². The van der Waals surface area contributed by atoms with Gasteiger partial charge in [-0.25, -0.2) is 0 Å². The molecule has 15 heavy (non-hydrogen) atoms. The molecule has 2 nitrogen and oxygen atoms in total. The lowest BCUT2D eigenvalue weighted by Gasteiger charge is -2.19. The van der Waals surface area contributed by atoms with Gasteiger partial charge >= 0.3 is 0 Å². The van der Waals surface area contributed by atoms with E-state index in [9.17, 15) is 4.79 Å². The summed E-state index contributed by atoms with van der Waals surface area (Å²) in [7, 11) is 0. The molecule has 2 heteroatoms. The highest BCUT2D eigenvalue weighted by molar-refractivity contribution is 5.87. The van der Waals surface area contributed by atoms with Gasteiger partial charge in [0.05, 0.1) is 12.0 Å². The van der Waals surface area contributed by atoms with Crippen molar-refractivity contribution in [3.05, 3.63) is 47.5 Å². The molecule has 0 radical (unpaired) electrons. The van der Waals surface area contributed by atoms with Crippen molar-refractivity contribution in [3.8, 4) is 0 Å². The molecule has 0 saturated carbocycles. The summed E-state index contributed by atoms with van der Waals surface area (Å²) in [6, 6.07) is 8.72. The SMILES string of the molecule is O=C1N[C@H]2C=C[C@H]3c4ccccc4[C@H]2[C@@H]13. The maximum Gasteiger partial charge on any atom is 0.225 e. The molecule has 1 N–H and O–H groups in total. The highest BCUT2D eigenvalue weighted by atomic mass is 16.2. The van der Waals surface area contributed by atoms with Crippen LogP contribution in [0.2, 0.25) is 0 Å². The molecule has 74 valence electrons. The van der Waals surface area contributed by atoms with E-state index in [-0.39, 0.29) is 17.9 Å². The zero-order chi connectivity index (χ0) is 9.99. The Bertz CT molecular complexity index is 491. The first kappa shape index (κ1) is 7.69. The van der Waals surface area contributed by atoms with Crippen LogP contribution in [0.4, 0.5) is 0 Å². The summed E-state index contributed by atoms with van der Waals surface area (Å²) in [6.07, 6.45) is 4.37. The van der Waals surface area contributed by atoms with Crippen LogP contribution < -0.4 is 5.32 Å². The topological polar surface area (TPSA) is 29.1 Å². The maximum absolute atomic E-state index is 11.8. The van der Waals surface area contributed by atoms with Gasteiger partial charge in [-0.2, -0.15) is 0 Å². The maximum atomic E-state index is 11.8. The molecule has 0 spiro atoms. The molecule has 1 aromatic rings. The van der Waals surface area contributed by atoms with E-state index >= 15 is 0 Å². The fourth-order valence-corrected chi connectivity index (χ4v) is 3.45. The van der Waals surface area contributed by atoms with Crippen molar-refractivity contribution in [2.45, 2.75) is 17.9 Å². The Kier molecular flexibility index (Phi) is 1.19. The van der Waals surface area contributed by atoms with Gasteiger partial charge in [0, 0.05) is 11.8 Å². The molecule has 1 heterocycles. The molecule has 3 aliphatic rings. The van der Waals surface area contributed by atoms with E-state index in [1.807, 2.05) is 0 Å². The van der Waals surface area contributed by atoms with Gasteiger partial charge in [-0.15, -0.1) is 0 Å². The van der Waals surface area contributed by atoms with E-state index in [1.54, 1.807) is 0 Å². The van der Waals surface area contributed by atoms with E-state index in [0.29, 0.717) is 11.8 Å². The van der Waals surface area contributed by atoms with Crippen LogP contribution in [0.5, 0.6) is 0 Å². The molecule has 0 unspecified atom stereocenters. The molecule has 2 aliphatic carbocycles. The van der Waals surface area contributed by atoms with Crippen LogP contribution in [-0.2, 0) is 4.79 Å². The zero-order valence-electron chi connectivity index (χ0n) is 8.18. The number of benzene rings is 1. The fraction of sp³-hybridized carbons (Fsp3) is 0.308. The summed E-state index contributed by atoms with van der Waals surface area (Å²) < 4.78 is 0. The summed E-state index contributed by atoms with van der Waals surface area (Å²) >= 11 is 0. The Morgan fingerprint density at radius 2 is 1.80 bits per heavy atom. The third-order valence-electron chi connectivity index (χ3n) is 4.01. The number of rotatable bonds is 0. The second kappa shape index (κ2) is 2.32. The van der Waals surface area contributed by atoms with Gasteiger partial charge < -0.3 is 5.32 Å². The Hall–Kier alpha value is -1.57. The van der Waals surface area contributed by atoms with Crippen molar-refractivity contribution < 1.29 is 4.79 Å². The number of allylic oxidation sites excluding steroid dienone is 1. The van der Waals surface area contributed by atoms with Crippen molar-refractivity contribution in [2.24, 2.45) is 5.92 Å². The standard InChI is InChI=1S/C13H11NO/c15-13-12-9-5-6-10(14-13)11(12)8-4-2-1-3-7(8)9/h1-6,9-12H,(H,14,15)/t9-,10-,11+,12-/m0/s1. The summed E-state index contributed by atoms with van der Waals surface area (Å²) in [4.78, 5) is 11.8. The first-order chi connectivity index (χ1) is 7.36. The predicted octanol–water partition coefficient (Wildman–Crippen LogP) is 1.55. The molecular weight excluding hydrogens is 186 g/mol. The molecular formula is C13H11NO. The lowest BCUT2D eigenvalue weighted by atomic mass is 9.82. The number of carbonyl (C=O) groups excluding carboxylic acids is 1.